The van der Waals surface area contributed by atoms with Crippen LogP contribution in [0.3, 0.4) is 0 Å². The van der Waals surface area contributed by atoms with Gasteiger partial charge in [0.05, 0.1) is 0 Å². The van der Waals surface area contributed by atoms with Crippen LogP contribution in [0.1, 0.15) is 30.5 Å². The molecule has 0 aliphatic carbocycles. The van der Waals surface area contributed by atoms with Crippen LogP contribution in [0.25, 0.3) is 0 Å². The second-order valence-electron chi connectivity index (χ2n) is 6.44. The summed E-state index contributed by atoms with van der Waals surface area (Å²) in [6.07, 6.45) is 0. The smallest absolute Gasteiger partial charge is 0.0208 e. The molecule has 0 unspecified atom stereocenters. The molecule has 18 heavy (non-hydrogen) atoms. The second-order valence-corrected chi connectivity index (χ2v) is 6.44. The van der Waals surface area contributed by atoms with Gasteiger partial charge in [-0.05, 0) is 44.5 Å². The van der Waals surface area contributed by atoms with E-state index in [4.69, 9.17) is 0 Å². The molecule has 1 aromatic carbocycles. The second kappa shape index (κ2) is 6.35. The third-order valence-corrected chi connectivity index (χ3v) is 3.16. The fourth-order valence-corrected chi connectivity index (χ4v) is 2.49. The van der Waals surface area contributed by atoms with Crippen molar-refractivity contribution in [3.8, 4) is 0 Å². The minimum absolute atomic E-state index is 0.308. The first-order chi connectivity index (χ1) is 8.30. The summed E-state index contributed by atoms with van der Waals surface area (Å²) in [6.45, 7) is 12.1. The highest BCUT2D eigenvalue weighted by atomic mass is 15.1. The first-order valence-corrected chi connectivity index (χ1v) is 6.72. The lowest BCUT2D eigenvalue weighted by atomic mass is 9.93. The highest BCUT2D eigenvalue weighted by molar-refractivity contribution is 5.30. The standard InChI is InChI=1S/C16H28N2/c1-13-7-8-15(14(2)9-13)10-17-11-16(3,4)12-18(5)6/h7-9,17H,10-12H2,1-6H3. The van der Waals surface area contributed by atoms with Gasteiger partial charge in [0.2, 0.25) is 0 Å². The van der Waals surface area contributed by atoms with Crippen molar-refractivity contribution < 1.29 is 0 Å². The van der Waals surface area contributed by atoms with Crippen LogP contribution >= 0.6 is 0 Å². The molecule has 0 bridgehead atoms. The van der Waals surface area contributed by atoms with E-state index >= 15 is 0 Å². The Kier molecular flexibility index (Phi) is 5.36. The summed E-state index contributed by atoms with van der Waals surface area (Å²) in [5, 5.41) is 3.58. The average Bonchev–Trinajstić information content (AvgIpc) is 2.19. The highest BCUT2D eigenvalue weighted by Gasteiger charge is 2.18. The Bertz CT molecular complexity index is 381. The van der Waals surface area contributed by atoms with Crippen LogP contribution in [-0.4, -0.2) is 32.1 Å². The number of nitrogens with one attached hydrogen (secondary N) is 1. The van der Waals surface area contributed by atoms with E-state index < -0.39 is 0 Å². The molecule has 0 aromatic heterocycles. The lowest BCUT2D eigenvalue weighted by molar-refractivity contribution is 0.232. The lowest BCUT2D eigenvalue weighted by Gasteiger charge is -2.28. The van der Waals surface area contributed by atoms with Crippen LogP contribution in [0.4, 0.5) is 0 Å². The minimum Gasteiger partial charge on any atom is -0.312 e. The van der Waals surface area contributed by atoms with Crippen molar-refractivity contribution >= 4 is 0 Å². The zero-order valence-electron chi connectivity index (χ0n) is 12.8. The largest absolute Gasteiger partial charge is 0.312 e. The van der Waals surface area contributed by atoms with E-state index in [9.17, 15) is 0 Å². The Morgan fingerprint density at radius 1 is 1.17 bits per heavy atom. The molecule has 0 spiro atoms. The fourth-order valence-electron chi connectivity index (χ4n) is 2.49. The van der Waals surface area contributed by atoms with Crippen molar-refractivity contribution in [1.82, 2.24) is 10.2 Å². The van der Waals surface area contributed by atoms with Gasteiger partial charge in [0, 0.05) is 19.6 Å². The number of nitrogens with zero attached hydrogens (tertiary/aromatic N) is 1. The molecule has 0 fully saturated rings. The maximum Gasteiger partial charge on any atom is 0.0208 e. The third-order valence-electron chi connectivity index (χ3n) is 3.16. The molecule has 0 saturated carbocycles. The Morgan fingerprint density at radius 3 is 2.39 bits per heavy atom. The molecule has 2 heteroatoms. The van der Waals surface area contributed by atoms with Crippen molar-refractivity contribution in [2.45, 2.75) is 34.2 Å². The minimum atomic E-state index is 0.308. The van der Waals surface area contributed by atoms with Crippen LogP contribution in [0, 0.1) is 19.3 Å². The Labute approximate surface area is 112 Å². The highest BCUT2D eigenvalue weighted by Crippen LogP contribution is 2.15. The summed E-state index contributed by atoms with van der Waals surface area (Å²) in [4.78, 5) is 2.25. The van der Waals surface area contributed by atoms with Crippen LogP contribution in [0.5, 0.6) is 0 Å². The number of hydrogen-bond acceptors (Lipinski definition) is 2. The van der Waals surface area contributed by atoms with E-state index in [0.717, 1.165) is 19.6 Å². The Hall–Kier alpha value is -0.860. The molecule has 102 valence electrons. The van der Waals surface area contributed by atoms with Gasteiger partial charge in [0.15, 0.2) is 0 Å². The lowest BCUT2D eigenvalue weighted by Crippen LogP contribution is -2.37. The zero-order chi connectivity index (χ0) is 13.8. The quantitative estimate of drug-likeness (QED) is 0.832. The number of benzene rings is 1. The average molecular weight is 248 g/mol. The van der Waals surface area contributed by atoms with E-state index in [-0.39, 0.29) is 0 Å². The van der Waals surface area contributed by atoms with Gasteiger partial charge in [-0.2, -0.15) is 0 Å². The Balaban J connectivity index is 2.46. The molecular formula is C16H28N2. The van der Waals surface area contributed by atoms with Crippen molar-refractivity contribution in [2.75, 3.05) is 27.2 Å². The van der Waals surface area contributed by atoms with Gasteiger partial charge in [0.1, 0.15) is 0 Å². The molecule has 1 aromatic rings. The van der Waals surface area contributed by atoms with E-state index in [1.54, 1.807) is 0 Å². The number of hydrogen-bond donors (Lipinski definition) is 1. The molecular weight excluding hydrogens is 220 g/mol. The van der Waals surface area contributed by atoms with Gasteiger partial charge in [-0.25, -0.2) is 0 Å². The molecule has 0 heterocycles. The molecule has 1 rings (SSSR count). The van der Waals surface area contributed by atoms with E-state index in [0.29, 0.717) is 5.41 Å². The van der Waals surface area contributed by atoms with Gasteiger partial charge < -0.3 is 10.2 Å². The molecule has 0 radical (unpaired) electrons. The van der Waals surface area contributed by atoms with Gasteiger partial charge in [-0.15, -0.1) is 0 Å². The molecule has 0 aliphatic rings. The van der Waals surface area contributed by atoms with Gasteiger partial charge in [-0.1, -0.05) is 37.6 Å². The van der Waals surface area contributed by atoms with E-state index in [1.807, 2.05) is 0 Å². The fraction of sp³-hybridized carbons (Fsp3) is 0.625. The topological polar surface area (TPSA) is 15.3 Å². The van der Waals surface area contributed by atoms with Crippen molar-refractivity contribution in [3.63, 3.8) is 0 Å². The predicted octanol–water partition coefficient (Wildman–Crippen LogP) is 2.98. The van der Waals surface area contributed by atoms with Crippen molar-refractivity contribution in [3.05, 3.63) is 34.9 Å². The normalized spacial score (nSPS) is 12.2. The van der Waals surface area contributed by atoms with Gasteiger partial charge >= 0.3 is 0 Å². The van der Waals surface area contributed by atoms with Crippen LogP contribution in [-0.2, 0) is 6.54 Å². The molecule has 0 atom stereocenters. The van der Waals surface area contributed by atoms with Crippen LogP contribution < -0.4 is 5.32 Å². The van der Waals surface area contributed by atoms with Crippen molar-refractivity contribution in [2.24, 2.45) is 5.41 Å². The maximum absolute atomic E-state index is 3.58. The summed E-state index contributed by atoms with van der Waals surface area (Å²) < 4.78 is 0. The molecule has 0 aliphatic heterocycles. The summed E-state index contributed by atoms with van der Waals surface area (Å²) in [7, 11) is 4.26. The summed E-state index contributed by atoms with van der Waals surface area (Å²) >= 11 is 0. The zero-order valence-corrected chi connectivity index (χ0v) is 12.8. The number of rotatable bonds is 6. The first kappa shape index (κ1) is 15.2. The summed E-state index contributed by atoms with van der Waals surface area (Å²) in [5.74, 6) is 0. The summed E-state index contributed by atoms with van der Waals surface area (Å²) in [6, 6.07) is 6.67. The van der Waals surface area contributed by atoms with Crippen LogP contribution in [0.15, 0.2) is 18.2 Å². The van der Waals surface area contributed by atoms with E-state index in [2.05, 4.69) is 70.2 Å². The SMILES string of the molecule is Cc1ccc(CNCC(C)(C)CN(C)C)c(C)c1. The monoisotopic (exact) mass is 248 g/mol. The van der Waals surface area contributed by atoms with Gasteiger partial charge in [-0.3, -0.25) is 0 Å². The Morgan fingerprint density at radius 2 is 1.83 bits per heavy atom. The van der Waals surface area contributed by atoms with Crippen molar-refractivity contribution in [1.29, 1.82) is 0 Å². The van der Waals surface area contributed by atoms with Gasteiger partial charge in [0.25, 0.3) is 0 Å². The summed E-state index contributed by atoms with van der Waals surface area (Å²) in [5.41, 5.74) is 4.43. The molecule has 0 amide bonds. The molecule has 1 N–H and O–H groups in total. The molecule has 2 nitrogen and oxygen atoms in total. The van der Waals surface area contributed by atoms with Crippen LogP contribution in [0.2, 0.25) is 0 Å². The first-order valence-electron chi connectivity index (χ1n) is 6.72. The maximum atomic E-state index is 3.58. The predicted molar refractivity (Wildman–Crippen MR) is 80.0 cm³/mol. The third kappa shape index (κ3) is 5.19. The number of aryl methyl sites for hydroxylation is 2. The van der Waals surface area contributed by atoms with E-state index in [1.165, 1.54) is 16.7 Å². The molecule has 0 saturated heterocycles.